The van der Waals surface area contributed by atoms with Gasteiger partial charge < -0.3 is 4.90 Å². The lowest BCUT2D eigenvalue weighted by Crippen LogP contribution is -2.28. The van der Waals surface area contributed by atoms with Gasteiger partial charge in [-0.1, -0.05) is 173 Å². The van der Waals surface area contributed by atoms with Gasteiger partial charge in [0, 0.05) is 27.8 Å². The molecule has 56 heavy (non-hydrogen) atoms. The molecule has 0 fully saturated rings. The second kappa shape index (κ2) is 10.9. The minimum Gasteiger partial charge on any atom is -0.310 e. The van der Waals surface area contributed by atoms with Gasteiger partial charge in [0.15, 0.2) is 0 Å². The second-order valence-corrected chi connectivity index (χ2v) is 17.2. The summed E-state index contributed by atoms with van der Waals surface area (Å²) in [5.41, 5.74) is 24.4. The second-order valence-electron chi connectivity index (χ2n) is 17.2. The minimum atomic E-state index is -0.482. The van der Waals surface area contributed by atoms with Crippen molar-refractivity contribution >= 4 is 17.1 Å². The van der Waals surface area contributed by atoms with Crippen LogP contribution in [-0.4, -0.2) is 0 Å². The molecule has 4 aliphatic rings. The SMILES string of the molecule is CC1(C)c2ccccc2-c2cc(N(c3ccc4c(c3)-c3ccccc3C4(C)C)c3cccc4c3C3(c5ccccc5-c5ccccc53)c3ccccc3-4)ccc21. The van der Waals surface area contributed by atoms with Crippen LogP contribution in [0.1, 0.15) is 72.2 Å². The van der Waals surface area contributed by atoms with Gasteiger partial charge in [-0.15, -0.1) is 0 Å². The van der Waals surface area contributed by atoms with E-state index < -0.39 is 5.41 Å². The Morgan fingerprint density at radius 2 is 0.643 bits per heavy atom. The molecule has 4 aliphatic carbocycles. The summed E-state index contributed by atoms with van der Waals surface area (Å²) in [5, 5.41) is 0. The summed E-state index contributed by atoms with van der Waals surface area (Å²) in [6.45, 7) is 9.48. The van der Waals surface area contributed by atoms with Gasteiger partial charge in [-0.05, 0) is 114 Å². The topological polar surface area (TPSA) is 3.24 Å². The van der Waals surface area contributed by atoms with E-state index in [4.69, 9.17) is 0 Å². The van der Waals surface area contributed by atoms with Crippen molar-refractivity contribution in [2.45, 2.75) is 43.9 Å². The van der Waals surface area contributed by atoms with Crippen molar-refractivity contribution < 1.29 is 0 Å². The van der Waals surface area contributed by atoms with Crippen LogP contribution in [-0.2, 0) is 16.2 Å². The Bertz CT molecular complexity index is 2820. The van der Waals surface area contributed by atoms with Gasteiger partial charge in [-0.3, -0.25) is 0 Å². The quantitative estimate of drug-likeness (QED) is 0.176. The number of nitrogens with zero attached hydrogens (tertiary/aromatic N) is 1. The predicted molar refractivity (Wildman–Crippen MR) is 233 cm³/mol. The highest BCUT2D eigenvalue weighted by Crippen LogP contribution is 2.65. The summed E-state index contributed by atoms with van der Waals surface area (Å²) in [4.78, 5) is 2.58. The fourth-order valence-corrected chi connectivity index (χ4v) is 11.4. The van der Waals surface area contributed by atoms with Gasteiger partial charge in [0.05, 0.1) is 11.1 Å². The minimum absolute atomic E-state index is 0.0743. The number of benzene rings is 8. The summed E-state index contributed by atoms with van der Waals surface area (Å²) in [5.74, 6) is 0. The molecule has 0 radical (unpaired) electrons. The molecule has 0 heterocycles. The van der Waals surface area contributed by atoms with Crippen LogP contribution < -0.4 is 4.90 Å². The molecule has 1 nitrogen and oxygen atoms in total. The largest absolute Gasteiger partial charge is 0.310 e. The molecule has 8 aromatic rings. The van der Waals surface area contributed by atoms with E-state index in [1.54, 1.807) is 0 Å². The summed E-state index contributed by atoms with van der Waals surface area (Å²) < 4.78 is 0. The molecule has 266 valence electrons. The molecular weight excluding hydrogens is 675 g/mol. The van der Waals surface area contributed by atoms with Crippen LogP contribution in [0.15, 0.2) is 176 Å². The van der Waals surface area contributed by atoms with Crippen LogP contribution in [0.3, 0.4) is 0 Å². The van der Waals surface area contributed by atoms with Gasteiger partial charge in [0.1, 0.15) is 0 Å². The summed E-state index contributed by atoms with van der Waals surface area (Å²) in [7, 11) is 0. The predicted octanol–water partition coefficient (Wildman–Crippen LogP) is 14.1. The fraction of sp³-hybridized carbons (Fsp3) is 0.127. The first kappa shape index (κ1) is 31.9. The highest BCUT2D eigenvalue weighted by atomic mass is 15.1. The molecule has 0 aromatic heterocycles. The van der Waals surface area contributed by atoms with E-state index in [9.17, 15) is 0 Å². The molecule has 0 saturated carbocycles. The molecule has 0 bridgehead atoms. The number of hydrogen-bond acceptors (Lipinski definition) is 1. The van der Waals surface area contributed by atoms with Crippen molar-refractivity contribution in [3.8, 4) is 44.5 Å². The molecule has 1 spiro atoms. The van der Waals surface area contributed by atoms with E-state index in [-0.39, 0.29) is 10.8 Å². The maximum Gasteiger partial charge on any atom is 0.0746 e. The smallest absolute Gasteiger partial charge is 0.0746 e. The van der Waals surface area contributed by atoms with Crippen LogP contribution in [0.25, 0.3) is 44.5 Å². The normalized spacial score (nSPS) is 15.9. The third-order valence-corrected chi connectivity index (χ3v) is 13.9. The Labute approximate surface area is 329 Å². The average Bonchev–Trinajstić information content (AvgIpc) is 3.87. The zero-order chi connectivity index (χ0) is 37.6. The maximum atomic E-state index is 2.58. The first-order chi connectivity index (χ1) is 27.3. The summed E-state index contributed by atoms with van der Waals surface area (Å²) >= 11 is 0. The van der Waals surface area contributed by atoms with Gasteiger partial charge in [0.25, 0.3) is 0 Å². The molecule has 0 N–H and O–H groups in total. The maximum absolute atomic E-state index is 2.58. The van der Waals surface area contributed by atoms with E-state index in [0.717, 1.165) is 0 Å². The molecule has 0 unspecified atom stereocenters. The first-order valence-corrected chi connectivity index (χ1v) is 20.0. The van der Waals surface area contributed by atoms with Crippen molar-refractivity contribution in [2.24, 2.45) is 0 Å². The van der Waals surface area contributed by atoms with Crippen molar-refractivity contribution in [2.75, 3.05) is 4.90 Å². The zero-order valence-electron chi connectivity index (χ0n) is 32.2. The van der Waals surface area contributed by atoms with Gasteiger partial charge >= 0.3 is 0 Å². The molecule has 12 rings (SSSR count). The molecule has 8 aromatic carbocycles. The first-order valence-electron chi connectivity index (χ1n) is 20.0. The van der Waals surface area contributed by atoms with Crippen LogP contribution in [0.2, 0.25) is 0 Å². The molecule has 1 heteroatoms. The van der Waals surface area contributed by atoms with Crippen LogP contribution in [0, 0.1) is 0 Å². The molecule has 0 atom stereocenters. The lowest BCUT2D eigenvalue weighted by atomic mass is 9.70. The standard InChI is InChI=1S/C55H41N/c1-53(2)44-22-10-5-19-39(44)42-32-34(28-30-46(42)53)56(35-29-31-47-43(33-35)40-20-6-11-23-45(40)54(47,3)4)51-27-15-21-41-38-18-9-14-26-50(38)55(52(41)51)48-24-12-7-16-36(48)37-17-8-13-25-49(37)55/h5-33H,1-4H3. The van der Waals surface area contributed by atoms with Crippen LogP contribution in [0.4, 0.5) is 17.1 Å². The van der Waals surface area contributed by atoms with Gasteiger partial charge in [0.2, 0.25) is 0 Å². The van der Waals surface area contributed by atoms with Gasteiger partial charge in [-0.2, -0.15) is 0 Å². The van der Waals surface area contributed by atoms with Crippen LogP contribution >= 0.6 is 0 Å². The van der Waals surface area contributed by atoms with Crippen molar-refractivity contribution in [1.82, 2.24) is 0 Å². The Kier molecular flexibility index (Phi) is 6.18. The Morgan fingerprint density at radius 3 is 1.09 bits per heavy atom. The third kappa shape index (κ3) is 3.81. The Balaban J connectivity index is 1.19. The van der Waals surface area contributed by atoms with Crippen molar-refractivity contribution in [3.05, 3.63) is 220 Å². The Morgan fingerprint density at radius 1 is 0.304 bits per heavy atom. The number of anilines is 3. The van der Waals surface area contributed by atoms with E-state index in [0.29, 0.717) is 0 Å². The van der Waals surface area contributed by atoms with E-state index >= 15 is 0 Å². The van der Waals surface area contributed by atoms with Crippen molar-refractivity contribution in [3.63, 3.8) is 0 Å². The molecule has 0 saturated heterocycles. The van der Waals surface area contributed by atoms with Crippen LogP contribution in [0.5, 0.6) is 0 Å². The van der Waals surface area contributed by atoms with Crippen molar-refractivity contribution in [1.29, 1.82) is 0 Å². The fourth-order valence-electron chi connectivity index (χ4n) is 11.4. The monoisotopic (exact) mass is 715 g/mol. The Hall–Kier alpha value is -6.44. The third-order valence-electron chi connectivity index (χ3n) is 13.9. The van der Waals surface area contributed by atoms with E-state index in [1.807, 2.05) is 0 Å². The molecule has 0 aliphatic heterocycles. The molecular formula is C55H41N. The molecule has 0 amide bonds. The van der Waals surface area contributed by atoms with E-state index in [2.05, 4.69) is 209 Å². The highest BCUT2D eigenvalue weighted by molar-refractivity contribution is 6.00. The average molecular weight is 716 g/mol. The van der Waals surface area contributed by atoms with E-state index in [1.165, 1.54) is 106 Å². The summed E-state index contributed by atoms with van der Waals surface area (Å²) in [6.07, 6.45) is 0. The van der Waals surface area contributed by atoms with Gasteiger partial charge in [-0.25, -0.2) is 0 Å². The lowest BCUT2D eigenvalue weighted by Gasteiger charge is -2.36. The number of hydrogen-bond donors (Lipinski definition) is 0. The number of fused-ring (bicyclic) bond motifs is 16. The number of rotatable bonds is 3. The lowest BCUT2D eigenvalue weighted by molar-refractivity contribution is 0.660. The zero-order valence-corrected chi connectivity index (χ0v) is 32.2. The highest BCUT2D eigenvalue weighted by Gasteiger charge is 2.53. The summed E-state index contributed by atoms with van der Waals surface area (Å²) in [6, 6.07) is 66.9.